The number of aromatic nitrogens is 3. The highest BCUT2D eigenvalue weighted by atomic mass is 35.5. The molecule has 10 heteroatoms. The van der Waals surface area contributed by atoms with E-state index in [1.54, 1.807) is 24.3 Å². The number of likely N-dealkylation sites (tertiary alicyclic amines) is 1. The molecule has 3 fully saturated rings. The number of pyridine rings is 1. The van der Waals surface area contributed by atoms with Crippen LogP contribution in [0.25, 0.3) is 11.0 Å². The van der Waals surface area contributed by atoms with Crippen LogP contribution in [0.5, 0.6) is 5.88 Å². The Morgan fingerprint density at radius 1 is 1.15 bits per heavy atom. The number of ether oxygens (including phenoxy) is 2. The number of benzene rings is 2. The molecule has 1 saturated carbocycles. The van der Waals surface area contributed by atoms with Gasteiger partial charge in [-0.2, -0.15) is 0 Å². The van der Waals surface area contributed by atoms with E-state index >= 15 is 0 Å². The molecule has 2 aromatic carbocycles. The van der Waals surface area contributed by atoms with Crippen molar-refractivity contribution in [2.75, 3.05) is 19.7 Å². The minimum atomic E-state index is -0.931. The van der Waals surface area contributed by atoms with Gasteiger partial charge in [-0.1, -0.05) is 35.3 Å². The van der Waals surface area contributed by atoms with Crippen LogP contribution in [0.1, 0.15) is 46.7 Å². The number of hydrogen-bond donors (Lipinski definition) is 1. The molecule has 2 saturated heterocycles. The normalized spacial score (nSPS) is 23.7. The first kappa shape index (κ1) is 26.7. The summed E-state index contributed by atoms with van der Waals surface area (Å²) in [5, 5.41) is 10.7. The second kappa shape index (κ2) is 10.6. The zero-order valence-electron chi connectivity index (χ0n) is 22.4. The van der Waals surface area contributed by atoms with Crippen molar-refractivity contribution in [3.63, 3.8) is 0 Å². The van der Waals surface area contributed by atoms with Crippen LogP contribution in [0, 0.1) is 5.92 Å². The Kier molecular flexibility index (Phi) is 6.90. The molecule has 3 atom stereocenters. The van der Waals surface area contributed by atoms with Gasteiger partial charge in [-0.15, -0.1) is 0 Å². The third-order valence-corrected chi connectivity index (χ3v) is 9.41. The fraction of sp³-hybridized carbons (Fsp3) is 0.387. The Labute approximate surface area is 247 Å². The highest BCUT2D eigenvalue weighted by Crippen LogP contribution is 2.59. The molecule has 41 heavy (non-hydrogen) atoms. The molecular weight excluding hydrogens is 563 g/mol. The highest BCUT2D eigenvalue weighted by molar-refractivity contribution is 6.35. The topological polar surface area (TPSA) is 89.7 Å². The molecule has 3 aliphatic rings. The largest absolute Gasteiger partial charge is 0.478 e. The lowest BCUT2D eigenvalue weighted by Gasteiger charge is -2.32. The number of aromatic carboxylic acids is 1. The van der Waals surface area contributed by atoms with Crippen molar-refractivity contribution in [1.29, 1.82) is 0 Å². The van der Waals surface area contributed by atoms with Crippen molar-refractivity contribution in [2.45, 2.75) is 50.5 Å². The first-order valence-electron chi connectivity index (χ1n) is 14.0. The van der Waals surface area contributed by atoms with Crippen LogP contribution in [-0.2, 0) is 29.8 Å². The van der Waals surface area contributed by atoms with Crippen molar-refractivity contribution in [3.05, 3.63) is 87.3 Å². The van der Waals surface area contributed by atoms with Gasteiger partial charge in [0.25, 0.3) is 0 Å². The number of carbonyl (C=O) groups is 1. The number of hydrogen-bond acceptors (Lipinski definition) is 6. The lowest BCUT2D eigenvalue weighted by Crippen LogP contribution is -2.37. The Balaban J connectivity index is 1.05. The molecule has 8 nitrogen and oxygen atoms in total. The summed E-state index contributed by atoms with van der Waals surface area (Å²) in [4.78, 5) is 23.9. The van der Waals surface area contributed by atoms with Gasteiger partial charge >= 0.3 is 5.97 Å². The van der Waals surface area contributed by atoms with E-state index in [0.29, 0.717) is 35.0 Å². The van der Waals surface area contributed by atoms with Crippen LogP contribution in [0.4, 0.5) is 0 Å². The molecule has 0 unspecified atom stereocenters. The summed E-state index contributed by atoms with van der Waals surface area (Å²) >= 11 is 12.3. The minimum absolute atomic E-state index is 0.0874. The first-order valence-corrected chi connectivity index (χ1v) is 14.7. The van der Waals surface area contributed by atoms with Gasteiger partial charge in [0.15, 0.2) is 0 Å². The summed E-state index contributed by atoms with van der Waals surface area (Å²) in [5.74, 6) is 1.15. The summed E-state index contributed by atoms with van der Waals surface area (Å²) in [7, 11) is 0. The van der Waals surface area contributed by atoms with E-state index < -0.39 is 5.97 Å². The van der Waals surface area contributed by atoms with Crippen LogP contribution in [0.2, 0.25) is 10.0 Å². The number of nitrogens with zero attached hydrogens (tertiary/aromatic N) is 4. The molecule has 4 aromatic rings. The van der Waals surface area contributed by atoms with E-state index in [1.165, 1.54) is 0 Å². The minimum Gasteiger partial charge on any atom is -0.478 e. The number of carboxylic acids is 1. The lowest BCUT2D eigenvalue weighted by molar-refractivity contribution is -0.0592. The van der Waals surface area contributed by atoms with Crippen molar-refractivity contribution in [1.82, 2.24) is 19.4 Å². The average Bonchev–Trinajstić information content (AvgIpc) is 3.58. The summed E-state index contributed by atoms with van der Waals surface area (Å²) in [6, 6.07) is 16.6. The molecule has 2 aromatic heterocycles. The van der Waals surface area contributed by atoms with E-state index in [4.69, 9.17) is 42.6 Å². The monoisotopic (exact) mass is 592 g/mol. The molecule has 0 radical (unpaired) electrons. The molecule has 2 aliphatic heterocycles. The van der Waals surface area contributed by atoms with Crippen molar-refractivity contribution < 1.29 is 19.4 Å². The van der Waals surface area contributed by atoms with Crippen LogP contribution in [0.15, 0.2) is 54.6 Å². The lowest BCUT2D eigenvalue weighted by atomic mass is 9.91. The van der Waals surface area contributed by atoms with E-state index in [1.807, 2.05) is 24.3 Å². The smallest absolute Gasteiger partial charge is 0.335 e. The van der Waals surface area contributed by atoms with Gasteiger partial charge in [-0.3, -0.25) is 4.90 Å². The zero-order chi connectivity index (χ0) is 28.1. The standard InChI is InChI=1S/C31H30Cl2N4O4/c32-22-6-4-20(24(33)13-22)18-41-29-3-1-2-27(35-29)31-9-10-36(15-21(31)14-31)17-28-34-25-7-5-19(30(38)39)12-26(25)37(28)16-23-8-11-40-23/h1-7,12-13,21,23H,8-11,14-18H2,(H,38,39)/t21-,23+,31+/m0/s1. The molecule has 0 bridgehead atoms. The molecule has 1 N–H and O–H groups in total. The summed E-state index contributed by atoms with van der Waals surface area (Å²) in [6.07, 6.45) is 3.28. The first-order chi connectivity index (χ1) is 19.9. The summed E-state index contributed by atoms with van der Waals surface area (Å²) in [6.45, 7) is 4.42. The van der Waals surface area contributed by atoms with Crippen molar-refractivity contribution in [2.24, 2.45) is 5.92 Å². The maximum absolute atomic E-state index is 11.6. The fourth-order valence-corrected chi connectivity index (χ4v) is 6.76. The van der Waals surface area contributed by atoms with Gasteiger partial charge in [0.2, 0.25) is 5.88 Å². The van der Waals surface area contributed by atoms with Crippen LogP contribution in [-0.4, -0.2) is 56.3 Å². The summed E-state index contributed by atoms with van der Waals surface area (Å²) < 4.78 is 13.9. The van der Waals surface area contributed by atoms with Gasteiger partial charge in [-0.05, 0) is 68.1 Å². The van der Waals surface area contributed by atoms with Gasteiger partial charge in [-0.25, -0.2) is 14.8 Å². The second-order valence-corrected chi connectivity index (χ2v) is 12.2. The Hall–Kier alpha value is -3.17. The molecular formula is C31H30Cl2N4O4. The van der Waals surface area contributed by atoms with Crippen molar-refractivity contribution >= 4 is 40.2 Å². The third-order valence-electron chi connectivity index (χ3n) is 8.83. The van der Waals surface area contributed by atoms with Gasteiger partial charge in [0, 0.05) is 40.2 Å². The summed E-state index contributed by atoms with van der Waals surface area (Å²) in [5.41, 5.74) is 4.00. The highest BCUT2D eigenvalue weighted by Gasteiger charge is 2.58. The predicted octanol–water partition coefficient (Wildman–Crippen LogP) is 5.97. The quantitative estimate of drug-likeness (QED) is 0.256. The SMILES string of the molecule is O=C(O)c1ccc2nc(CN3CC[C@@]4(c5cccc(OCc6ccc(Cl)cc6Cl)n5)C[C@H]4C3)n(C[C@H]3CCO3)c2c1. The molecule has 1 aliphatic carbocycles. The Bertz CT molecular complexity index is 1640. The van der Waals surface area contributed by atoms with E-state index in [0.717, 1.165) is 73.6 Å². The predicted molar refractivity (Wildman–Crippen MR) is 156 cm³/mol. The Morgan fingerprint density at radius 3 is 2.78 bits per heavy atom. The van der Waals surface area contributed by atoms with Crippen LogP contribution >= 0.6 is 23.2 Å². The molecule has 7 rings (SSSR count). The number of fused-ring (bicyclic) bond motifs is 2. The van der Waals surface area contributed by atoms with E-state index in [9.17, 15) is 9.90 Å². The van der Waals surface area contributed by atoms with Crippen molar-refractivity contribution in [3.8, 4) is 5.88 Å². The number of piperidine rings is 1. The molecule has 212 valence electrons. The zero-order valence-corrected chi connectivity index (χ0v) is 23.9. The van der Waals surface area contributed by atoms with Gasteiger partial charge in [0.1, 0.15) is 12.4 Å². The number of halogens is 2. The maximum atomic E-state index is 11.6. The maximum Gasteiger partial charge on any atom is 0.335 e. The number of rotatable bonds is 9. The molecule has 0 spiro atoms. The fourth-order valence-electron chi connectivity index (χ4n) is 6.30. The number of imidazole rings is 1. The third kappa shape index (κ3) is 5.18. The van der Waals surface area contributed by atoms with Crippen LogP contribution in [0.3, 0.4) is 0 Å². The van der Waals surface area contributed by atoms with E-state index in [2.05, 4.69) is 15.5 Å². The van der Waals surface area contributed by atoms with Gasteiger partial charge in [0.05, 0.1) is 41.5 Å². The second-order valence-electron chi connectivity index (χ2n) is 11.4. The van der Waals surface area contributed by atoms with E-state index in [-0.39, 0.29) is 17.1 Å². The molecule has 4 heterocycles. The number of carboxylic acid groups (broad SMARTS) is 1. The van der Waals surface area contributed by atoms with Gasteiger partial charge < -0.3 is 19.1 Å². The van der Waals surface area contributed by atoms with Crippen LogP contribution < -0.4 is 4.74 Å². The average molecular weight is 594 g/mol. The Morgan fingerprint density at radius 2 is 2.02 bits per heavy atom. The molecule has 0 amide bonds.